The van der Waals surface area contributed by atoms with Crippen molar-refractivity contribution in [3.05, 3.63) is 22.6 Å². The van der Waals surface area contributed by atoms with Crippen LogP contribution in [0.1, 0.15) is 72.6 Å². The Balaban J connectivity index is 1.91. The van der Waals surface area contributed by atoms with Crippen molar-refractivity contribution >= 4 is 11.9 Å². The molecule has 0 aliphatic heterocycles. The number of rotatable bonds is 6. The van der Waals surface area contributed by atoms with Crippen molar-refractivity contribution < 1.29 is 19.1 Å². The van der Waals surface area contributed by atoms with Gasteiger partial charge in [-0.05, 0) is 79.1 Å². The van der Waals surface area contributed by atoms with E-state index in [1.807, 2.05) is 0 Å². The molecular weight excluding hydrogens is 394 g/mol. The first-order valence-electron chi connectivity index (χ1n) is 11.6. The van der Waals surface area contributed by atoms with Crippen molar-refractivity contribution in [2.24, 2.45) is 39.6 Å². The number of hydrogen-bond donors (Lipinski definition) is 0. The molecular formula is C24H37N3O4. The van der Waals surface area contributed by atoms with E-state index >= 15 is 0 Å². The highest BCUT2D eigenvalue weighted by Crippen LogP contribution is 2.63. The number of carbonyl (C=O) groups excluding carboxylic acids is 2. The van der Waals surface area contributed by atoms with Crippen LogP contribution in [0, 0.1) is 34.5 Å². The summed E-state index contributed by atoms with van der Waals surface area (Å²) in [6.45, 7) is 12.7. The van der Waals surface area contributed by atoms with E-state index < -0.39 is 0 Å². The lowest BCUT2D eigenvalue weighted by atomic mass is 9.49. The van der Waals surface area contributed by atoms with Crippen LogP contribution >= 0.6 is 0 Å². The molecule has 0 N–H and O–H groups in total. The van der Waals surface area contributed by atoms with Gasteiger partial charge in [-0.15, -0.1) is 0 Å². The standard InChI is InChI=1S/C24H37N3O4/c1-15-6-7-21-20(13-26-27-25)22(9-11-23(15,21)4)24(5)10-8-19(31-17(3)29)12-18(24)14-30-16(2)28/h18-22H,1,6-14H2,2-5H3/t18-,19+,20+,21+,22+,23-,24+/m1/s1. The molecule has 7 heteroatoms. The molecule has 0 aromatic heterocycles. The quantitative estimate of drug-likeness (QED) is 0.180. The van der Waals surface area contributed by atoms with Gasteiger partial charge >= 0.3 is 11.9 Å². The van der Waals surface area contributed by atoms with Crippen LogP contribution in [-0.2, 0) is 19.1 Å². The predicted molar refractivity (Wildman–Crippen MR) is 118 cm³/mol. The average Bonchev–Trinajstić information content (AvgIpc) is 3.01. The van der Waals surface area contributed by atoms with Crippen LogP contribution in [0.5, 0.6) is 0 Å². The van der Waals surface area contributed by atoms with E-state index in [-0.39, 0.29) is 40.7 Å². The smallest absolute Gasteiger partial charge is 0.302 e. The second kappa shape index (κ2) is 9.23. The predicted octanol–water partition coefficient (Wildman–Crippen LogP) is 5.60. The Morgan fingerprint density at radius 3 is 2.55 bits per heavy atom. The third kappa shape index (κ3) is 4.62. The summed E-state index contributed by atoms with van der Waals surface area (Å²) in [7, 11) is 0. The van der Waals surface area contributed by atoms with Gasteiger partial charge in [-0.25, -0.2) is 0 Å². The minimum absolute atomic E-state index is 0.0764. The topological polar surface area (TPSA) is 101 Å². The molecule has 0 radical (unpaired) electrons. The molecule has 3 aliphatic carbocycles. The highest BCUT2D eigenvalue weighted by Gasteiger charge is 2.56. The SMILES string of the molecule is C=C1CC[C@H]2[C@H](CN=[N+]=[N-])[C@@H]([C@@]3(C)CC[C@H](OC(C)=O)C[C@@H]3COC(C)=O)CC[C@]12C. The molecule has 0 saturated heterocycles. The molecule has 0 spiro atoms. The number of allylic oxidation sites excluding steroid dienone is 1. The van der Waals surface area contributed by atoms with Crippen LogP contribution in [0.25, 0.3) is 10.4 Å². The molecule has 0 unspecified atom stereocenters. The summed E-state index contributed by atoms with van der Waals surface area (Å²) in [6, 6.07) is 0. The van der Waals surface area contributed by atoms with Gasteiger partial charge in [-0.1, -0.05) is 31.1 Å². The Labute approximate surface area is 185 Å². The summed E-state index contributed by atoms with van der Waals surface area (Å²) in [5.74, 6) is 0.651. The molecule has 3 rings (SSSR count). The van der Waals surface area contributed by atoms with Crippen molar-refractivity contribution in [1.29, 1.82) is 0 Å². The van der Waals surface area contributed by atoms with Gasteiger partial charge in [0, 0.05) is 31.2 Å². The second-order valence-electron chi connectivity index (χ2n) is 10.4. The van der Waals surface area contributed by atoms with Crippen molar-refractivity contribution in [3.8, 4) is 0 Å². The number of esters is 2. The summed E-state index contributed by atoms with van der Waals surface area (Å²) in [6.07, 6.45) is 6.55. The Hall–Kier alpha value is -2.01. The molecule has 172 valence electrons. The first-order valence-corrected chi connectivity index (χ1v) is 11.6. The van der Waals surface area contributed by atoms with Crippen LogP contribution < -0.4 is 0 Å². The minimum atomic E-state index is -0.286. The van der Waals surface area contributed by atoms with Gasteiger partial charge in [0.2, 0.25) is 0 Å². The Morgan fingerprint density at radius 2 is 1.90 bits per heavy atom. The molecule has 3 saturated carbocycles. The van der Waals surface area contributed by atoms with Gasteiger partial charge in [0.1, 0.15) is 6.10 Å². The van der Waals surface area contributed by atoms with E-state index in [2.05, 4.69) is 30.5 Å². The van der Waals surface area contributed by atoms with E-state index in [4.69, 9.17) is 15.0 Å². The summed E-state index contributed by atoms with van der Waals surface area (Å²) >= 11 is 0. The maximum absolute atomic E-state index is 11.6. The Bertz CT molecular complexity index is 777. The van der Waals surface area contributed by atoms with Crippen molar-refractivity contribution in [1.82, 2.24) is 0 Å². The third-order valence-electron chi connectivity index (χ3n) is 8.90. The van der Waals surface area contributed by atoms with Crippen molar-refractivity contribution in [2.45, 2.75) is 78.7 Å². The number of hydrogen-bond acceptors (Lipinski definition) is 5. The van der Waals surface area contributed by atoms with Crippen LogP contribution in [0.2, 0.25) is 0 Å². The van der Waals surface area contributed by atoms with E-state index in [0.717, 1.165) is 38.5 Å². The fourth-order valence-corrected chi connectivity index (χ4v) is 7.09. The maximum atomic E-state index is 11.6. The molecule has 31 heavy (non-hydrogen) atoms. The number of fused-ring (bicyclic) bond motifs is 1. The van der Waals surface area contributed by atoms with E-state index in [1.165, 1.54) is 19.4 Å². The average molecular weight is 432 g/mol. The van der Waals surface area contributed by atoms with Gasteiger partial charge in [-0.3, -0.25) is 9.59 Å². The first-order chi connectivity index (χ1) is 14.6. The zero-order valence-electron chi connectivity index (χ0n) is 19.4. The molecule has 0 amide bonds. The number of carbonyl (C=O) groups is 2. The molecule has 0 aromatic rings. The molecule has 7 atom stereocenters. The normalized spacial score (nSPS) is 39.9. The van der Waals surface area contributed by atoms with E-state index in [0.29, 0.717) is 31.4 Å². The fourth-order valence-electron chi connectivity index (χ4n) is 7.09. The molecule has 0 heterocycles. The monoisotopic (exact) mass is 431 g/mol. The van der Waals surface area contributed by atoms with Crippen molar-refractivity contribution in [2.75, 3.05) is 13.2 Å². The van der Waals surface area contributed by atoms with Gasteiger partial charge in [0.15, 0.2) is 0 Å². The van der Waals surface area contributed by atoms with Crippen LogP contribution in [0.15, 0.2) is 17.3 Å². The number of azide groups is 1. The molecule has 0 aromatic carbocycles. The van der Waals surface area contributed by atoms with Crippen LogP contribution in [-0.4, -0.2) is 31.2 Å². The molecule has 7 nitrogen and oxygen atoms in total. The Morgan fingerprint density at radius 1 is 1.16 bits per heavy atom. The van der Waals surface area contributed by atoms with E-state index in [1.54, 1.807) is 0 Å². The van der Waals surface area contributed by atoms with E-state index in [9.17, 15) is 9.59 Å². The highest BCUT2D eigenvalue weighted by molar-refractivity contribution is 5.66. The lowest BCUT2D eigenvalue weighted by molar-refractivity contribution is -0.160. The summed E-state index contributed by atoms with van der Waals surface area (Å²) in [5.41, 5.74) is 10.4. The van der Waals surface area contributed by atoms with Gasteiger partial charge < -0.3 is 9.47 Å². The molecule has 3 aliphatic rings. The third-order valence-corrected chi connectivity index (χ3v) is 8.90. The Kier molecular flexibility index (Phi) is 7.04. The number of nitrogens with zero attached hydrogens (tertiary/aromatic N) is 3. The van der Waals surface area contributed by atoms with Gasteiger partial charge in [0.05, 0.1) is 6.61 Å². The lowest BCUT2D eigenvalue weighted by Crippen LogP contribution is -2.52. The highest BCUT2D eigenvalue weighted by atomic mass is 16.5. The van der Waals surface area contributed by atoms with Crippen LogP contribution in [0.3, 0.4) is 0 Å². The van der Waals surface area contributed by atoms with Crippen LogP contribution in [0.4, 0.5) is 0 Å². The fraction of sp³-hybridized carbons (Fsp3) is 0.833. The summed E-state index contributed by atoms with van der Waals surface area (Å²) < 4.78 is 11.0. The van der Waals surface area contributed by atoms with Gasteiger partial charge in [-0.2, -0.15) is 0 Å². The van der Waals surface area contributed by atoms with Gasteiger partial charge in [0.25, 0.3) is 0 Å². The summed E-state index contributed by atoms with van der Waals surface area (Å²) in [4.78, 5) is 26.2. The number of ether oxygens (including phenoxy) is 2. The largest absolute Gasteiger partial charge is 0.466 e. The zero-order chi connectivity index (χ0) is 22.8. The first kappa shape index (κ1) is 23.6. The zero-order valence-corrected chi connectivity index (χ0v) is 19.4. The maximum Gasteiger partial charge on any atom is 0.302 e. The molecule has 3 fully saturated rings. The molecule has 0 bridgehead atoms. The summed E-state index contributed by atoms with van der Waals surface area (Å²) in [5, 5.41) is 4.04. The second-order valence-corrected chi connectivity index (χ2v) is 10.4. The lowest BCUT2D eigenvalue weighted by Gasteiger charge is -2.56. The van der Waals surface area contributed by atoms with Crippen molar-refractivity contribution in [3.63, 3.8) is 0 Å². The minimum Gasteiger partial charge on any atom is -0.466 e.